The number of nitrogens with two attached hydrogens (primary N) is 1. The van der Waals surface area contributed by atoms with Gasteiger partial charge in [-0.25, -0.2) is 8.78 Å². The molecule has 7 heteroatoms. The predicted molar refractivity (Wildman–Crippen MR) is 113 cm³/mol. The quantitative estimate of drug-likeness (QED) is 0.514. The van der Waals surface area contributed by atoms with Crippen LogP contribution < -0.4 is 11.1 Å². The second-order valence-electron chi connectivity index (χ2n) is 10.3. The van der Waals surface area contributed by atoms with Crippen LogP contribution in [0.1, 0.15) is 65.4 Å². The number of piperidine rings is 1. The molecule has 1 saturated heterocycles. The van der Waals surface area contributed by atoms with Crippen LogP contribution in [-0.2, 0) is 11.2 Å². The number of nitrogens with one attached hydrogen (secondary N) is 1. The maximum atomic E-state index is 13.6. The van der Waals surface area contributed by atoms with Crippen molar-refractivity contribution in [1.82, 2.24) is 5.32 Å². The van der Waals surface area contributed by atoms with E-state index in [-0.39, 0.29) is 23.8 Å². The van der Waals surface area contributed by atoms with Crippen molar-refractivity contribution in [3.8, 4) is 0 Å². The minimum absolute atomic E-state index is 0.0996. The topological polar surface area (TPSA) is 95.6 Å². The lowest BCUT2D eigenvalue weighted by molar-refractivity contribution is -0.137. The highest BCUT2D eigenvalue weighted by Crippen LogP contribution is 2.36. The highest BCUT2D eigenvalue weighted by atomic mass is 19.1. The Morgan fingerprint density at radius 3 is 2.40 bits per heavy atom. The fraction of sp³-hybridized carbons (Fsp3) is 0.696. The van der Waals surface area contributed by atoms with E-state index >= 15 is 0 Å². The summed E-state index contributed by atoms with van der Waals surface area (Å²) in [5.74, 6) is -3.34. The van der Waals surface area contributed by atoms with Crippen LogP contribution in [0.15, 0.2) is 18.2 Å². The van der Waals surface area contributed by atoms with Crippen molar-refractivity contribution in [1.29, 1.82) is 0 Å². The molecule has 2 rings (SSSR count). The first kappa shape index (κ1) is 24.7. The number of hydrogen-bond donors (Lipinski definition) is 4. The molecule has 30 heavy (non-hydrogen) atoms. The van der Waals surface area contributed by atoms with Crippen molar-refractivity contribution in [3.63, 3.8) is 0 Å². The van der Waals surface area contributed by atoms with Crippen molar-refractivity contribution in [2.45, 2.75) is 83.5 Å². The molecule has 1 amide bonds. The maximum Gasteiger partial charge on any atom is 0.223 e. The number of hydrogen-bond acceptors (Lipinski definition) is 4. The van der Waals surface area contributed by atoms with Crippen LogP contribution in [0.5, 0.6) is 0 Å². The number of halogens is 2. The van der Waals surface area contributed by atoms with Gasteiger partial charge < -0.3 is 21.3 Å². The summed E-state index contributed by atoms with van der Waals surface area (Å²) in [5, 5.41) is 25.6. The van der Waals surface area contributed by atoms with Gasteiger partial charge in [0, 0.05) is 12.1 Å². The van der Waals surface area contributed by atoms with Gasteiger partial charge in [0.25, 0.3) is 0 Å². The van der Waals surface area contributed by atoms with E-state index in [9.17, 15) is 23.8 Å². The van der Waals surface area contributed by atoms with Gasteiger partial charge in [-0.15, -0.1) is 0 Å². The van der Waals surface area contributed by atoms with E-state index < -0.39 is 40.7 Å². The molecule has 1 fully saturated rings. The number of amides is 1. The van der Waals surface area contributed by atoms with Gasteiger partial charge in [0.2, 0.25) is 5.91 Å². The zero-order valence-corrected chi connectivity index (χ0v) is 18.5. The summed E-state index contributed by atoms with van der Waals surface area (Å²) in [6, 6.07) is 2.43. The number of aliphatic hydroxyl groups is 2. The van der Waals surface area contributed by atoms with Gasteiger partial charge in [0.15, 0.2) is 0 Å². The second-order valence-corrected chi connectivity index (χ2v) is 10.3. The Labute approximate surface area is 178 Å². The van der Waals surface area contributed by atoms with Crippen molar-refractivity contribution in [2.24, 2.45) is 17.1 Å². The van der Waals surface area contributed by atoms with E-state index in [1.807, 2.05) is 0 Å². The highest BCUT2D eigenvalue weighted by molar-refractivity contribution is 5.78. The smallest absolute Gasteiger partial charge is 0.223 e. The van der Waals surface area contributed by atoms with Crippen LogP contribution in [0.4, 0.5) is 8.78 Å². The molecule has 5 nitrogen and oxygen atoms in total. The molecule has 1 aromatic rings. The molecular formula is C23H36F2N2O3. The first-order valence-corrected chi connectivity index (χ1v) is 10.6. The molecule has 0 saturated carbocycles. The van der Waals surface area contributed by atoms with Gasteiger partial charge in [0.05, 0.1) is 17.1 Å². The van der Waals surface area contributed by atoms with Gasteiger partial charge >= 0.3 is 0 Å². The summed E-state index contributed by atoms with van der Waals surface area (Å²) >= 11 is 0. The van der Waals surface area contributed by atoms with Gasteiger partial charge in [0.1, 0.15) is 11.6 Å². The Morgan fingerprint density at radius 1 is 1.27 bits per heavy atom. The molecule has 1 aliphatic rings. The van der Waals surface area contributed by atoms with Gasteiger partial charge in [-0.05, 0) is 68.7 Å². The summed E-state index contributed by atoms with van der Waals surface area (Å²) in [5.41, 5.74) is 3.44. The summed E-state index contributed by atoms with van der Waals surface area (Å²) in [6.07, 6.45) is 3.16. The summed E-state index contributed by atoms with van der Waals surface area (Å²) in [4.78, 5) is 12.2. The SMILES string of the molecule is CC(C)(C)CCCC1(O)CCNC(C(C)(O)C(Cc2cc(F)cc(F)c2)C(N)=O)C1. The lowest BCUT2D eigenvalue weighted by Crippen LogP contribution is -2.62. The Balaban J connectivity index is 2.15. The van der Waals surface area contributed by atoms with Crippen molar-refractivity contribution < 1.29 is 23.8 Å². The molecule has 0 aromatic heterocycles. The van der Waals surface area contributed by atoms with Crippen molar-refractivity contribution in [3.05, 3.63) is 35.4 Å². The van der Waals surface area contributed by atoms with Crippen LogP contribution in [0.3, 0.4) is 0 Å². The largest absolute Gasteiger partial charge is 0.390 e. The van der Waals surface area contributed by atoms with Gasteiger partial charge in [-0.1, -0.05) is 27.2 Å². The van der Waals surface area contributed by atoms with Crippen LogP contribution >= 0.6 is 0 Å². The number of rotatable bonds is 8. The lowest BCUT2D eigenvalue weighted by atomic mass is 9.71. The molecule has 1 heterocycles. The third-order valence-corrected chi connectivity index (χ3v) is 6.25. The maximum absolute atomic E-state index is 13.6. The summed E-state index contributed by atoms with van der Waals surface area (Å²) in [6.45, 7) is 8.45. The molecule has 1 aromatic carbocycles. The fourth-order valence-electron chi connectivity index (χ4n) is 4.42. The standard InChI is InChI=1S/C23H36F2N2O3/c1-21(2,3)6-5-7-23(30)8-9-27-19(14-23)22(4,29)18(20(26)28)12-15-10-16(24)13-17(25)11-15/h10-11,13,18-19,27,29-30H,5-9,12,14H2,1-4H3,(H2,26,28). The number of carbonyl (C=O) groups is 1. The second kappa shape index (κ2) is 9.28. The average molecular weight is 427 g/mol. The molecule has 4 atom stereocenters. The molecule has 1 aliphatic heterocycles. The van der Waals surface area contributed by atoms with E-state index in [1.54, 1.807) is 0 Å². The molecule has 170 valence electrons. The Hall–Kier alpha value is -1.57. The van der Waals surface area contributed by atoms with Crippen molar-refractivity contribution in [2.75, 3.05) is 6.54 Å². The molecule has 0 bridgehead atoms. The monoisotopic (exact) mass is 426 g/mol. The van der Waals surface area contributed by atoms with Crippen LogP contribution in [-0.4, -0.2) is 39.9 Å². The molecule has 4 unspecified atom stereocenters. The predicted octanol–water partition coefficient (Wildman–Crippen LogP) is 3.06. The van der Waals surface area contributed by atoms with Gasteiger partial charge in [-0.2, -0.15) is 0 Å². The van der Waals surface area contributed by atoms with Crippen LogP contribution in [0, 0.1) is 23.0 Å². The summed E-state index contributed by atoms with van der Waals surface area (Å²) < 4.78 is 27.1. The van der Waals surface area contributed by atoms with E-state index in [0.29, 0.717) is 19.4 Å². The number of benzene rings is 1. The first-order chi connectivity index (χ1) is 13.7. The number of primary amides is 1. The minimum atomic E-state index is -1.60. The summed E-state index contributed by atoms with van der Waals surface area (Å²) in [7, 11) is 0. The lowest BCUT2D eigenvalue weighted by Gasteiger charge is -2.46. The van der Waals surface area contributed by atoms with Crippen molar-refractivity contribution >= 4 is 5.91 Å². The minimum Gasteiger partial charge on any atom is -0.390 e. The molecule has 0 radical (unpaired) electrons. The Morgan fingerprint density at radius 2 is 1.87 bits per heavy atom. The highest BCUT2D eigenvalue weighted by Gasteiger charge is 2.47. The third-order valence-electron chi connectivity index (χ3n) is 6.25. The van der Waals surface area contributed by atoms with E-state index in [2.05, 4.69) is 26.1 Å². The molecular weight excluding hydrogens is 390 g/mol. The zero-order valence-electron chi connectivity index (χ0n) is 18.5. The van der Waals surface area contributed by atoms with E-state index in [4.69, 9.17) is 5.73 Å². The first-order valence-electron chi connectivity index (χ1n) is 10.6. The fourth-order valence-corrected chi connectivity index (χ4v) is 4.42. The van der Waals surface area contributed by atoms with Crippen LogP contribution in [0.2, 0.25) is 0 Å². The zero-order chi connectivity index (χ0) is 22.7. The molecule has 5 N–H and O–H groups in total. The Kier molecular flexibility index (Phi) is 7.64. The van der Waals surface area contributed by atoms with Crippen LogP contribution in [0.25, 0.3) is 0 Å². The third kappa shape index (κ3) is 6.72. The number of carbonyl (C=O) groups excluding carboxylic acids is 1. The van der Waals surface area contributed by atoms with E-state index in [0.717, 1.165) is 31.0 Å². The van der Waals surface area contributed by atoms with E-state index in [1.165, 1.54) is 6.92 Å². The van der Waals surface area contributed by atoms with Gasteiger partial charge in [-0.3, -0.25) is 4.79 Å². The Bertz CT molecular complexity index is 728. The molecule has 0 spiro atoms. The average Bonchev–Trinajstić information content (AvgIpc) is 2.57. The normalized spacial score (nSPS) is 25.5. The molecule has 0 aliphatic carbocycles.